The van der Waals surface area contributed by atoms with Crippen LogP contribution in [0.25, 0.3) is 11.1 Å². The highest BCUT2D eigenvalue weighted by atomic mass is 15.1. The summed E-state index contributed by atoms with van der Waals surface area (Å²) in [5.74, 6) is 0. The molecule has 0 amide bonds. The molecule has 1 aliphatic rings. The van der Waals surface area contributed by atoms with E-state index in [4.69, 9.17) is 0 Å². The number of allylic oxidation sites excluding steroid dienone is 4. The van der Waals surface area contributed by atoms with Gasteiger partial charge in [-0.05, 0) is 48.6 Å². The van der Waals surface area contributed by atoms with Crippen LogP contribution in [0.4, 0.5) is 0 Å². The smallest absolute Gasteiger partial charge is 0.0391 e. The monoisotopic (exact) mass is 265 g/mol. The number of hydrogen-bond acceptors (Lipinski definition) is 1. The zero-order valence-electron chi connectivity index (χ0n) is 12.7. The Kier molecular flexibility index (Phi) is 4.29. The molecule has 1 aliphatic heterocycles. The van der Waals surface area contributed by atoms with E-state index >= 15 is 0 Å². The van der Waals surface area contributed by atoms with Crippen LogP contribution >= 0.6 is 0 Å². The van der Waals surface area contributed by atoms with Gasteiger partial charge in [-0.2, -0.15) is 0 Å². The highest BCUT2D eigenvalue weighted by molar-refractivity contribution is 5.70. The zero-order chi connectivity index (χ0) is 14.7. The van der Waals surface area contributed by atoms with Crippen molar-refractivity contribution >= 4 is 11.1 Å². The molecule has 104 valence electrons. The summed E-state index contributed by atoms with van der Waals surface area (Å²) >= 11 is 0. The molecule has 0 saturated heterocycles. The summed E-state index contributed by atoms with van der Waals surface area (Å²) in [6.45, 7) is 13.2. The van der Waals surface area contributed by atoms with Crippen molar-refractivity contribution in [3.63, 3.8) is 0 Å². The van der Waals surface area contributed by atoms with Crippen LogP contribution in [0.5, 0.6) is 0 Å². The summed E-state index contributed by atoms with van der Waals surface area (Å²) in [5.41, 5.74) is 7.50. The molecule has 1 heteroatoms. The van der Waals surface area contributed by atoms with E-state index < -0.39 is 0 Å². The third kappa shape index (κ3) is 2.93. The topological polar surface area (TPSA) is 3.24 Å². The Balaban J connectivity index is 2.29. The molecular formula is C19H23N. The fraction of sp³-hybridized carbons (Fsp3) is 0.263. The molecule has 20 heavy (non-hydrogen) atoms. The van der Waals surface area contributed by atoms with E-state index in [1.54, 1.807) is 0 Å². The van der Waals surface area contributed by atoms with Gasteiger partial charge in [0.2, 0.25) is 0 Å². The first kappa shape index (κ1) is 14.4. The Hall–Kier alpha value is -2.02. The molecule has 1 aromatic carbocycles. The molecule has 0 aromatic heterocycles. The van der Waals surface area contributed by atoms with Crippen LogP contribution in [-0.2, 0) is 0 Å². The Labute approximate surface area is 122 Å². The molecule has 0 N–H and O–H groups in total. The van der Waals surface area contributed by atoms with Crippen LogP contribution in [0, 0.1) is 0 Å². The first-order chi connectivity index (χ1) is 9.52. The molecule has 0 unspecified atom stereocenters. The summed E-state index contributed by atoms with van der Waals surface area (Å²) < 4.78 is 0. The van der Waals surface area contributed by atoms with Crippen LogP contribution in [0.2, 0.25) is 0 Å². The zero-order valence-corrected chi connectivity index (χ0v) is 12.7. The molecule has 0 saturated carbocycles. The van der Waals surface area contributed by atoms with Gasteiger partial charge in [-0.15, -0.1) is 0 Å². The molecule has 0 spiro atoms. The van der Waals surface area contributed by atoms with Gasteiger partial charge in [-0.25, -0.2) is 0 Å². The maximum atomic E-state index is 3.97. The molecule has 1 aromatic rings. The van der Waals surface area contributed by atoms with Crippen LogP contribution < -0.4 is 0 Å². The second-order valence-corrected chi connectivity index (χ2v) is 5.47. The number of nitrogens with zero attached hydrogens (tertiary/aromatic N) is 1. The molecule has 0 atom stereocenters. The van der Waals surface area contributed by atoms with Crippen molar-refractivity contribution in [3.05, 3.63) is 72.0 Å². The number of rotatable bonds is 4. The van der Waals surface area contributed by atoms with Gasteiger partial charge < -0.3 is 4.90 Å². The van der Waals surface area contributed by atoms with Gasteiger partial charge in [0.25, 0.3) is 0 Å². The van der Waals surface area contributed by atoms with E-state index in [-0.39, 0.29) is 0 Å². The van der Waals surface area contributed by atoms with Gasteiger partial charge in [0.1, 0.15) is 0 Å². The van der Waals surface area contributed by atoms with Crippen molar-refractivity contribution < 1.29 is 0 Å². The molecule has 2 rings (SSSR count). The highest BCUT2D eigenvalue weighted by Gasteiger charge is 2.15. The van der Waals surface area contributed by atoms with Crippen molar-refractivity contribution in [2.45, 2.75) is 20.3 Å². The third-order valence-corrected chi connectivity index (χ3v) is 3.87. The number of benzene rings is 1. The van der Waals surface area contributed by atoms with Crippen LogP contribution in [0.1, 0.15) is 31.4 Å². The Morgan fingerprint density at radius 2 is 1.75 bits per heavy atom. The largest absolute Gasteiger partial charge is 0.374 e. The fourth-order valence-electron chi connectivity index (χ4n) is 2.58. The summed E-state index contributed by atoms with van der Waals surface area (Å²) in [4.78, 5) is 2.26. The first-order valence-corrected chi connectivity index (χ1v) is 7.04. The van der Waals surface area contributed by atoms with Crippen molar-refractivity contribution in [2.75, 3.05) is 13.6 Å². The van der Waals surface area contributed by atoms with E-state index in [0.717, 1.165) is 18.5 Å². The van der Waals surface area contributed by atoms with Gasteiger partial charge in [-0.3, -0.25) is 0 Å². The average Bonchev–Trinajstić information content (AvgIpc) is 2.79. The Bertz CT molecular complexity index is 585. The minimum absolute atomic E-state index is 1.08. The number of hydrogen-bond donors (Lipinski definition) is 0. The van der Waals surface area contributed by atoms with E-state index in [2.05, 4.69) is 62.4 Å². The fourth-order valence-corrected chi connectivity index (χ4v) is 2.58. The summed E-state index contributed by atoms with van der Waals surface area (Å²) in [5, 5.41) is 0. The highest BCUT2D eigenvalue weighted by Crippen LogP contribution is 2.27. The summed E-state index contributed by atoms with van der Waals surface area (Å²) in [6.07, 6.45) is 5.34. The SMILES string of the molecule is C=CC1=C(/C=C(\C)c2ccc(C(=C)C)cc2)CCN1C. The average molecular weight is 265 g/mol. The van der Waals surface area contributed by atoms with Crippen LogP contribution in [0.15, 0.2) is 60.8 Å². The lowest BCUT2D eigenvalue weighted by atomic mass is 10.00. The second kappa shape index (κ2) is 5.96. The lowest BCUT2D eigenvalue weighted by Gasteiger charge is -2.12. The Morgan fingerprint density at radius 3 is 2.30 bits per heavy atom. The van der Waals surface area contributed by atoms with Crippen LogP contribution in [0.3, 0.4) is 0 Å². The predicted molar refractivity (Wildman–Crippen MR) is 89.3 cm³/mol. The maximum absolute atomic E-state index is 3.97. The predicted octanol–water partition coefficient (Wildman–Crippen LogP) is 4.90. The van der Waals surface area contributed by atoms with Crippen molar-refractivity contribution in [3.8, 4) is 0 Å². The minimum Gasteiger partial charge on any atom is -0.374 e. The van der Waals surface area contributed by atoms with E-state index in [1.165, 1.54) is 28.0 Å². The molecule has 0 aliphatic carbocycles. The normalized spacial score (nSPS) is 15.8. The molecule has 1 nitrogen and oxygen atoms in total. The molecule has 1 heterocycles. The van der Waals surface area contributed by atoms with Crippen molar-refractivity contribution in [1.29, 1.82) is 0 Å². The lowest BCUT2D eigenvalue weighted by Crippen LogP contribution is -2.10. The van der Waals surface area contributed by atoms with Crippen LogP contribution in [-0.4, -0.2) is 18.5 Å². The van der Waals surface area contributed by atoms with E-state index in [0.29, 0.717) is 0 Å². The summed E-state index contributed by atoms with van der Waals surface area (Å²) in [6, 6.07) is 8.61. The summed E-state index contributed by atoms with van der Waals surface area (Å²) in [7, 11) is 2.12. The molecule has 0 fully saturated rings. The van der Waals surface area contributed by atoms with Crippen molar-refractivity contribution in [2.24, 2.45) is 0 Å². The van der Waals surface area contributed by atoms with E-state index in [1.807, 2.05) is 13.0 Å². The lowest BCUT2D eigenvalue weighted by molar-refractivity contribution is 0.472. The minimum atomic E-state index is 1.08. The third-order valence-electron chi connectivity index (χ3n) is 3.87. The maximum Gasteiger partial charge on any atom is 0.0391 e. The molecular weight excluding hydrogens is 242 g/mol. The van der Waals surface area contributed by atoms with Gasteiger partial charge in [0, 0.05) is 19.3 Å². The molecule has 0 bridgehead atoms. The first-order valence-electron chi connectivity index (χ1n) is 7.04. The quantitative estimate of drug-likeness (QED) is 0.748. The van der Waals surface area contributed by atoms with Gasteiger partial charge >= 0.3 is 0 Å². The van der Waals surface area contributed by atoms with Gasteiger partial charge in [0.15, 0.2) is 0 Å². The van der Waals surface area contributed by atoms with Crippen molar-refractivity contribution in [1.82, 2.24) is 4.90 Å². The van der Waals surface area contributed by atoms with E-state index in [9.17, 15) is 0 Å². The van der Waals surface area contributed by atoms with Gasteiger partial charge in [0.05, 0.1) is 0 Å². The standard InChI is InChI=1S/C19H23N/c1-6-19-18(11-12-20(19)5)13-15(4)17-9-7-16(8-10-17)14(2)3/h6-10,13H,1-2,11-12H2,3-5H3/b15-13+. The van der Waals surface area contributed by atoms with Gasteiger partial charge in [-0.1, -0.05) is 49.1 Å². The Morgan fingerprint density at radius 1 is 1.15 bits per heavy atom. The second-order valence-electron chi connectivity index (χ2n) is 5.47. The molecule has 0 radical (unpaired) electrons. The number of likely N-dealkylation sites (N-methyl/N-ethyl adjacent to an activating group) is 1.